The smallest absolute Gasteiger partial charge is 0.306 e. The molecule has 0 heterocycles. The van der Waals surface area contributed by atoms with Crippen molar-refractivity contribution < 1.29 is 19.4 Å². The first-order valence-corrected chi connectivity index (χ1v) is 19.0. The lowest BCUT2D eigenvalue weighted by atomic mass is 10.0. The van der Waals surface area contributed by atoms with E-state index in [2.05, 4.69) is 50.3 Å². The van der Waals surface area contributed by atoms with Crippen molar-refractivity contribution in [1.29, 1.82) is 0 Å². The van der Waals surface area contributed by atoms with Crippen molar-refractivity contribution in [2.24, 2.45) is 0 Å². The van der Waals surface area contributed by atoms with Gasteiger partial charge in [0, 0.05) is 12.8 Å². The maximum absolute atomic E-state index is 12.6. The fraction of sp³-hybridized carbons (Fsp3) is 0.800. The van der Waals surface area contributed by atoms with Gasteiger partial charge < -0.3 is 9.84 Å². The molecule has 0 rings (SSSR count). The van der Waals surface area contributed by atoms with Crippen molar-refractivity contribution in [3.63, 3.8) is 0 Å². The fourth-order valence-electron chi connectivity index (χ4n) is 5.48. The van der Waals surface area contributed by atoms with Crippen LogP contribution in [0, 0.1) is 0 Å². The average molecular weight is 617 g/mol. The Hall–Kier alpha value is -1.84. The standard InChI is InChI=1S/C40H72O4/c1-3-5-7-9-11-13-14-15-16-17-18-19-20-21-23-29-33-37-40(43)44-38(34-30-26-22-12-10-8-6-4-2)35-31-27-24-25-28-32-36-39(41)42/h11,13,15-16,30,34,38H,3-10,12,14,17-29,31-33,35-37H2,1-2H3,(H,41,42)/b13-11-,16-15-,34-30-. The largest absolute Gasteiger partial charge is 0.481 e. The molecule has 256 valence electrons. The molecule has 0 spiro atoms. The molecular weight excluding hydrogens is 544 g/mol. The van der Waals surface area contributed by atoms with Gasteiger partial charge in [-0.3, -0.25) is 9.59 Å². The lowest BCUT2D eigenvalue weighted by molar-refractivity contribution is -0.147. The zero-order valence-corrected chi connectivity index (χ0v) is 29.2. The molecule has 0 aromatic heterocycles. The summed E-state index contributed by atoms with van der Waals surface area (Å²) in [6.45, 7) is 4.50. The molecule has 0 saturated carbocycles. The van der Waals surface area contributed by atoms with E-state index in [0.717, 1.165) is 70.6 Å². The van der Waals surface area contributed by atoms with Crippen LogP contribution in [-0.2, 0) is 14.3 Å². The normalized spacial score (nSPS) is 12.6. The van der Waals surface area contributed by atoms with Crippen LogP contribution in [0.2, 0.25) is 0 Å². The Kier molecular flexibility index (Phi) is 34.1. The zero-order valence-electron chi connectivity index (χ0n) is 29.2. The van der Waals surface area contributed by atoms with Crippen LogP contribution < -0.4 is 0 Å². The van der Waals surface area contributed by atoms with Crippen LogP contribution in [0.3, 0.4) is 0 Å². The quantitative estimate of drug-likeness (QED) is 0.0444. The van der Waals surface area contributed by atoms with Gasteiger partial charge in [-0.25, -0.2) is 0 Å². The number of aliphatic carboxylic acids is 1. The van der Waals surface area contributed by atoms with Gasteiger partial charge in [-0.15, -0.1) is 0 Å². The third-order valence-corrected chi connectivity index (χ3v) is 8.32. The first kappa shape index (κ1) is 42.2. The van der Waals surface area contributed by atoms with E-state index in [1.54, 1.807) is 0 Å². The number of ether oxygens (including phenoxy) is 1. The van der Waals surface area contributed by atoms with Crippen LogP contribution in [0.15, 0.2) is 36.5 Å². The summed E-state index contributed by atoms with van der Waals surface area (Å²) in [6.07, 6.45) is 46.0. The van der Waals surface area contributed by atoms with Gasteiger partial charge in [0.2, 0.25) is 0 Å². The SMILES string of the molecule is CCCCC/C=C\C/C=C\CCCCCCCCCC(=O)OC(/C=C\CCCCCCCC)CCCCCCCCC(=O)O. The van der Waals surface area contributed by atoms with Crippen LogP contribution in [0.5, 0.6) is 0 Å². The highest BCUT2D eigenvalue weighted by atomic mass is 16.5. The highest BCUT2D eigenvalue weighted by molar-refractivity contribution is 5.69. The summed E-state index contributed by atoms with van der Waals surface area (Å²) in [5.41, 5.74) is 0. The van der Waals surface area contributed by atoms with E-state index in [-0.39, 0.29) is 18.5 Å². The van der Waals surface area contributed by atoms with Gasteiger partial charge in [0.1, 0.15) is 6.10 Å². The van der Waals surface area contributed by atoms with Crippen molar-refractivity contribution >= 4 is 11.9 Å². The van der Waals surface area contributed by atoms with Crippen molar-refractivity contribution in [3.8, 4) is 0 Å². The van der Waals surface area contributed by atoms with E-state index < -0.39 is 5.97 Å². The van der Waals surface area contributed by atoms with Crippen LogP contribution in [0.4, 0.5) is 0 Å². The number of carbonyl (C=O) groups excluding carboxylic acids is 1. The van der Waals surface area contributed by atoms with Gasteiger partial charge in [-0.2, -0.15) is 0 Å². The molecule has 0 aliphatic heterocycles. The Morgan fingerprint density at radius 1 is 0.523 bits per heavy atom. The summed E-state index contributed by atoms with van der Waals surface area (Å²) >= 11 is 0. The molecule has 0 aliphatic rings. The Bertz CT molecular complexity index is 708. The fourth-order valence-corrected chi connectivity index (χ4v) is 5.48. The third-order valence-electron chi connectivity index (χ3n) is 8.32. The summed E-state index contributed by atoms with van der Waals surface area (Å²) in [5, 5.41) is 8.76. The zero-order chi connectivity index (χ0) is 32.2. The highest BCUT2D eigenvalue weighted by Crippen LogP contribution is 2.16. The molecule has 4 heteroatoms. The van der Waals surface area contributed by atoms with Crippen molar-refractivity contribution in [2.45, 2.75) is 206 Å². The summed E-state index contributed by atoms with van der Waals surface area (Å²) in [6, 6.07) is 0. The summed E-state index contributed by atoms with van der Waals surface area (Å²) in [5.74, 6) is -0.746. The molecule has 1 atom stereocenters. The van der Waals surface area contributed by atoms with E-state index in [1.165, 1.54) is 103 Å². The average Bonchev–Trinajstić information content (AvgIpc) is 3.01. The molecule has 0 aromatic carbocycles. The second-order valence-corrected chi connectivity index (χ2v) is 12.8. The Morgan fingerprint density at radius 2 is 0.955 bits per heavy atom. The molecule has 44 heavy (non-hydrogen) atoms. The molecule has 0 bridgehead atoms. The second-order valence-electron chi connectivity index (χ2n) is 12.8. The molecule has 0 aromatic rings. The van der Waals surface area contributed by atoms with Crippen LogP contribution in [-0.4, -0.2) is 23.1 Å². The van der Waals surface area contributed by atoms with E-state index in [4.69, 9.17) is 9.84 Å². The minimum Gasteiger partial charge on any atom is -0.481 e. The molecule has 0 radical (unpaired) electrons. The van der Waals surface area contributed by atoms with Gasteiger partial charge in [-0.1, -0.05) is 147 Å². The molecule has 1 N–H and O–H groups in total. The van der Waals surface area contributed by atoms with Crippen LogP contribution in [0.25, 0.3) is 0 Å². The number of hydrogen-bond acceptors (Lipinski definition) is 3. The molecule has 0 fully saturated rings. The third kappa shape index (κ3) is 34.6. The van der Waals surface area contributed by atoms with Gasteiger partial charge in [0.15, 0.2) is 0 Å². The molecular formula is C40H72O4. The van der Waals surface area contributed by atoms with Crippen molar-refractivity contribution in [3.05, 3.63) is 36.5 Å². The summed E-state index contributed by atoms with van der Waals surface area (Å²) < 4.78 is 5.91. The number of rotatable bonds is 34. The van der Waals surface area contributed by atoms with Gasteiger partial charge >= 0.3 is 11.9 Å². The molecule has 4 nitrogen and oxygen atoms in total. The van der Waals surface area contributed by atoms with Crippen LogP contribution in [0.1, 0.15) is 200 Å². The maximum Gasteiger partial charge on any atom is 0.306 e. The van der Waals surface area contributed by atoms with Gasteiger partial charge in [0.25, 0.3) is 0 Å². The van der Waals surface area contributed by atoms with Gasteiger partial charge in [0.05, 0.1) is 0 Å². The molecule has 1 unspecified atom stereocenters. The van der Waals surface area contributed by atoms with E-state index in [0.29, 0.717) is 6.42 Å². The Balaban J connectivity index is 4.03. The minimum absolute atomic E-state index is 0.0459. The topological polar surface area (TPSA) is 63.6 Å². The Morgan fingerprint density at radius 3 is 1.52 bits per heavy atom. The van der Waals surface area contributed by atoms with Gasteiger partial charge in [-0.05, 0) is 76.7 Å². The second kappa shape index (κ2) is 35.6. The van der Waals surface area contributed by atoms with E-state index >= 15 is 0 Å². The summed E-state index contributed by atoms with van der Waals surface area (Å²) in [4.78, 5) is 23.2. The highest BCUT2D eigenvalue weighted by Gasteiger charge is 2.11. The van der Waals surface area contributed by atoms with Crippen molar-refractivity contribution in [1.82, 2.24) is 0 Å². The van der Waals surface area contributed by atoms with Crippen molar-refractivity contribution in [2.75, 3.05) is 0 Å². The number of carboxylic acids is 1. The first-order chi connectivity index (χ1) is 21.6. The van der Waals surface area contributed by atoms with E-state index in [1.807, 2.05) is 0 Å². The van der Waals surface area contributed by atoms with E-state index in [9.17, 15) is 9.59 Å². The monoisotopic (exact) mass is 617 g/mol. The number of carboxylic acid groups (broad SMARTS) is 1. The first-order valence-electron chi connectivity index (χ1n) is 19.0. The number of esters is 1. The lowest BCUT2D eigenvalue weighted by Crippen LogP contribution is -2.16. The number of unbranched alkanes of at least 4 members (excludes halogenated alkanes) is 21. The molecule has 0 aliphatic carbocycles. The predicted molar refractivity (Wildman–Crippen MR) is 190 cm³/mol. The number of carbonyl (C=O) groups is 2. The maximum atomic E-state index is 12.6. The molecule has 0 saturated heterocycles. The Labute approximate surface area is 273 Å². The summed E-state index contributed by atoms with van der Waals surface area (Å²) in [7, 11) is 0. The van der Waals surface area contributed by atoms with Crippen LogP contribution >= 0.6 is 0 Å². The predicted octanol–water partition coefficient (Wildman–Crippen LogP) is 13.0. The minimum atomic E-state index is -0.701. The molecule has 0 amide bonds. The lowest BCUT2D eigenvalue weighted by Gasteiger charge is -2.15. The number of allylic oxidation sites excluding steroid dienone is 5. The number of hydrogen-bond donors (Lipinski definition) is 1.